The van der Waals surface area contributed by atoms with E-state index >= 15 is 0 Å². The summed E-state index contributed by atoms with van der Waals surface area (Å²) in [5.41, 5.74) is 0. The van der Waals surface area contributed by atoms with Crippen LogP contribution in [0.15, 0.2) is 0 Å². The van der Waals surface area contributed by atoms with Gasteiger partial charge in [-0.25, -0.2) is 0 Å². The minimum absolute atomic E-state index is 0.235. The molecule has 3 heteroatoms. The van der Waals surface area contributed by atoms with Crippen molar-refractivity contribution in [2.75, 3.05) is 13.2 Å². The average Bonchev–Trinajstić information content (AvgIpc) is 2.74. The Hall–Kier alpha value is -0.570. The number of carbonyl (C=O) groups is 1. The van der Waals surface area contributed by atoms with E-state index in [1.54, 1.807) is 0 Å². The molecule has 0 aromatic heterocycles. The largest absolute Gasteiger partial charge is 0.396 e. The lowest BCUT2D eigenvalue weighted by Gasteiger charge is -2.30. The second kappa shape index (κ2) is 8.66. The minimum atomic E-state index is 0.235. The van der Waals surface area contributed by atoms with Crippen LogP contribution in [0.25, 0.3) is 0 Å². The molecule has 0 heterocycles. The molecule has 2 atom stereocenters. The van der Waals surface area contributed by atoms with Crippen LogP contribution in [0.5, 0.6) is 0 Å². The Morgan fingerprint density at radius 2 is 1.50 bits per heavy atom. The molecule has 0 aliphatic heterocycles. The zero-order chi connectivity index (χ0) is 14.2. The number of carbonyl (C=O) groups excluding carboxylic acids is 1. The Labute approximate surface area is 123 Å². The summed E-state index contributed by atoms with van der Waals surface area (Å²) in [5, 5.41) is 12.5. The van der Waals surface area contributed by atoms with Gasteiger partial charge in [-0.3, -0.25) is 4.79 Å². The minimum Gasteiger partial charge on any atom is -0.396 e. The van der Waals surface area contributed by atoms with Gasteiger partial charge in [0.2, 0.25) is 5.91 Å². The molecule has 0 aromatic rings. The molecule has 20 heavy (non-hydrogen) atoms. The van der Waals surface area contributed by atoms with E-state index in [-0.39, 0.29) is 12.5 Å². The monoisotopic (exact) mass is 281 g/mol. The lowest BCUT2D eigenvalue weighted by Crippen LogP contribution is -2.36. The van der Waals surface area contributed by atoms with Crippen LogP contribution in [0.3, 0.4) is 0 Å². The lowest BCUT2D eigenvalue weighted by atomic mass is 9.79. The first kappa shape index (κ1) is 15.8. The standard InChI is InChI=1S/C17H31NO2/c19-13-16-10-6-5-9-15(16)12-18-17(20)11-14-7-3-1-2-4-8-14/h14-16,19H,1-13H2,(H,18,20). The van der Waals surface area contributed by atoms with E-state index in [1.807, 2.05) is 0 Å². The van der Waals surface area contributed by atoms with E-state index in [0.717, 1.165) is 25.8 Å². The fourth-order valence-electron chi connectivity index (χ4n) is 3.94. The van der Waals surface area contributed by atoms with Gasteiger partial charge >= 0.3 is 0 Å². The summed E-state index contributed by atoms with van der Waals surface area (Å²) in [6, 6.07) is 0. The molecule has 2 saturated carbocycles. The highest BCUT2D eigenvalue weighted by molar-refractivity contribution is 5.76. The molecular weight excluding hydrogens is 250 g/mol. The highest BCUT2D eigenvalue weighted by atomic mass is 16.3. The summed E-state index contributed by atoms with van der Waals surface area (Å²) >= 11 is 0. The Balaban J connectivity index is 1.68. The van der Waals surface area contributed by atoms with Gasteiger partial charge in [0.15, 0.2) is 0 Å². The van der Waals surface area contributed by atoms with Gasteiger partial charge in [0.1, 0.15) is 0 Å². The van der Waals surface area contributed by atoms with Crippen LogP contribution < -0.4 is 5.32 Å². The van der Waals surface area contributed by atoms with Gasteiger partial charge in [0, 0.05) is 19.6 Å². The van der Waals surface area contributed by atoms with E-state index in [0.29, 0.717) is 17.8 Å². The lowest BCUT2D eigenvalue weighted by molar-refractivity contribution is -0.122. The predicted octanol–water partition coefficient (Wildman–Crippen LogP) is 3.26. The number of rotatable bonds is 5. The number of aliphatic hydroxyl groups is 1. The highest BCUT2D eigenvalue weighted by Gasteiger charge is 2.25. The first-order chi connectivity index (χ1) is 9.79. The number of hydrogen-bond acceptors (Lipinski definition) is 2. The molecule has 0 bridgehead atoms. The average molecular weight is 281 g/mol. The Morgan fingerprint density at radius 3 is 2.15 bits per heavy atom. The maximum atomic E-state index is 12.1. The van der Waals surface area contributed by atoms with Gasteiger partial charge < -0.3 is 10.4 Å². The van der Waals surface area contributed by atoms with Crippen molar-refractivity contribution in [1.82, 2.24) is 5.32 Å². The van der Waals surface area contributed by atoms with Crippen molar-refractivity contribution >= 4 is 5.91 Å². The zero-order valence-electron chi connectivity index (χ0n) is 12.8. The van der Waals surface area contributed by atoms with E-state index in [4.69, 9.17) is 0 Å². The third-order valence-corrected chi connectivity index (χ3v) is 5.31. The number of aliphatic hydroxyl groups excluding tert-OH is 1. The normalized spacial score (nSPS) is 28.9. The summed E-state index contributed by atoms with van der Waals surface area (Å²) in [5.74, 6) is 1.74. The predicted molar refractivity (Wildman–Crippen MR) is 81.4 cm³/mol. The number of amides is 1. The van der Waals surface area contributed by atoms with Crippen molar-refractivity contribution in [2.45, 2.75) is 70.6 Å². The quantitative estimate of drug-likeness (QED) is 0.760. The third kappa shape index (κ3) is 5.08. The van der Waals surface area contributed by atoms with E-state index in [2.05, 4.69) is 5.32 Å². The molecule has 2 aliphatic carbocycles. The van der Waals surface area contributed by atoms with Crippen LogP contribution in [0.1, 0.15) is 70.6 Å². The Kier molecular flexibility index (Phi) is 6.85. The second-order valence-electron chi connectivity index (χ2n) is 6.85. The summed E-state index contributed by atoms with van der Waals surface area (Å²) in [4.78, 5) is 12.1. The maximum Gasteiger partial charge on any atom is 0.220 e. The molecule has 2 N–H and O–H groups in total. The smallest absolute Gasteiger partial charge is 0.220 e. The van der Waals surface area contributed by atoms with Gasteiger partial charge in [-0.05, 0) is 43.4 Å². The Bertz CT molecular complexity index is 285. The molecule has 0 aromatic carbocycles. The van der Waals surface area contributed by atoms with Crippen LogP contribution in [-0.4, -0.2) is 24.2 Å². The SMILES string of the molecule is O=C(CC1CCCCCC1)NCC1CCCCC1CO. The van der Waals surface area contributed by atoms with Crippen molar-refractivity contribution in [3.8, 4) is 0 Å². The molecule has 0 saturated heterocycles. The molecular formula is C17H31NO2. The Morgan fingerprint density at radius 1 is 0.900 bits per heavy atom. The first-order valence-corrected chi connectivity index (χ1v) is 8.67. The van der Waals surface area contributed by atoms with Crippen LogP contribution in [0.2, 0.25) is 0 Å². The van der Waals surface area contributed by atoms with Crippen molar-refractivity contribution in [2.24, 2.45) is 17.8 Å². The molecule has 1 amide bonds. The van der Waals surface area contributed by atoms with E-state index < -0.39 is 0 Å². The molecule has 0 radical (unpaired) electrons. The third-order valence-electron chi connectivity index (χ3n) is 5.31. The van der Waals surface area contributed by atoms with Crippen molar-refractivity contribution in [3.63, 3.8) is 0 Å². The molecule has 2 unspecified atom stereocenters. The number of hydrogen-bond donors (Lipinski definition) is 2. The van der Waals surface area contributed by atoms with Crippen LogP contribution in [-0.2, 0) is 4.79 Å². The van der Waals surface area contributed by atoms with Gasteiger partial charge in [-0.15, -0.1) is 0 Å². The fourth-order valence-corrected chi connectivity index (χ4v) is 3.94. The molecule has 2 rings (SSSR count). The van der Waals surface area contributed by atoms with E-state index in [9.17, 15) is 9.90 Å². The summed E-state index contributed by atoms with van der Waals surface area (Å²) in [7, 11) is 0. The molecule has 2 fully saturated rings. The molecule has 2 aliphatic rings. The van der Waals surface area contributed by atoms with Gasteiger partial charge in [0.05, 0.1) is 0 Å². The second-order valence-corrected chi connectivity index (χ2v) is 6.85. The highest BCUT2D eigenvalue weighted by Crippen LogP contribution is 2.29. The van der Waals surface area contributed by atoms with Gasteiger partial charge in [-0.2, -0.15) is 0 Å². The van der Waals surface area contributed by atoms with Crippen molar-refractivity contribution in [3.05, 3.63) is 0 Å². The van der Waals surface area contributed by atoms with Crippen LogP contribution in [0.4, 0.5) is 0 Å². The molecule has 0 spiro atoms. The van der Waals surface area contributed by atoms with Crippen LogP contribution in [0, 0.1) is 17.8 Å². The fraction of sp³-hybridized carbons (Fsp3) is 0.941. The molecule has 116 valence electrons. The number of nitrogens with one attached hydrogen (secondary N) is 1. The topological polar surface area (TPSA) is 49.3 Å². The summed E-state index contributed by atoms with van der Waals surface area (Å²) < 4.78 is 0. The summed E-state index contributed by atoms with van der Waals surface area (Å²) in [6.45, 7) is 1.06. The molecule has 3 nitrogen and oxygen atoms in total. The van der Waals surface area contributed by atoms with Crippen LogP contribution >= 0.6 is 0 Å². The van der Waals surface area contributed by atoms with Crippen molar-refractivity contribution < 1.29 is 9.90 Å². The van der Waals surface area contributed by atoms with Gasteiger partial charge in [0.25, 0.3) is 0 Å². The van der Waals surface area contributed by atoms with E-state index in [1.165, 1.54) is 51.4 Å². The summed E-state index contributed by atoms with van der Waals surface area (Å²) in [6.07, 6.45) is 13.2. The zero-order valence-corrected chi connectivity index (χ0v) is 12.8. The first-order valence-electron chi connectivity index (χ1n) is 8.67. The maximum absolute atomic E-state index is 12.1. The van der Waals surface area contributed by atoms with Gasteiger partial charge in [-0.1, -0.05) is 38.5 Å². The van der Waals surface area contributed by atoms with Crippen molar-refractivity contribution in [1.29, 1.82) is 0 Å².